The maximum absolute atomic E-state index is 11.9. The monoisotopic (exact) mass is 281 g/mol. The lowest BCUT2D eigenvalue weighted by atomic mass is 10.1. The van der Waals surface area contributed by atoms with Crippen LogP contribution in [0.4, 0.5) is 5.69 Å². The van der Waals surface area contributed by atoms with Crippen molar-refractivity contribution in [2.45, 2.75) is 6.92 Å². The molecule has 0 radical (unpaired) electrons. The summed E-state index contributed by atoms with van der Waals surface area (Å²) in [5.74, 6) is -0.231. The minimum Gasteiger partial charge on any atom is -0.383 e. The van der Waals surface area contributed by atoms with Gasteiger partial charge in [-0.3, -0.25) is 14.9 Å². The fraction of sp³-hybridized carbons (Fsp3) is 0.462. The summed E-state index contributed by atoms with van der Waals surface area (Å²) in [6.45, 7) is 4.15. The molecule has 2 N–H and O–H groups in total. The molecule has 0 spiro atoms. The van der Waals surface area contributed by atoms with E-state index < -0.39 is 4.92 Å². The van der Waals surface area contributed by atoms with Crippen molar-refractivity contribution in [1.82, 2.24) is 10.6 Å². The highest BCUT2D eigenvalue weighted by molar-refractivity contribution is 5.95. The third-order valence-corrected chi connectivity index (χ3v) is 2.74. The Balaban J connectivity index is 2.45. The summed E-state index contributed by atoms with van der Waals surface area (Å²) in [7, 11) is 1.63. The molecule has 20 heavy (non-hydrogen) atoms. The van der Waals surface area contributed by atoms with Gasteiger partial charge in [0.15, 0.2) is 0 Å². The molecule has 0 atom stereocenters. The van der Waals surface area contributed by atoms with Gasteiger partial charge in [0.1, 0.15) is 0 Å². The Morgan fingerprint density at radius 1 is 1.35 bits per heavy atom. The van der Waals surface area contributed by atoms with E-state index in [0.29, 0.717) is 30.8 Å². The van der Waals surface area contributed by atoms with E-state index in [2.05, 4.69) is 10.6 Å². The molecule has 0 heterocycles. The Morgan fingerprint density at radius 2 is 2.10 bits per heavy atom. The van der Waals surface area contributed by atoms with Crippen molar-refractivity contribution in [3.63, 3.8) is 0 Å². The van der Waals surface area contributed by atoms with Crippen LogP contribution in [0.25, 0.3) is 0 Å². The van der Waals surface area contributed by atoms with E-state index in [0.717, 1.165) is 6.54 Å². The Bertz CT molecular complexity index is 477. The van der Waals surface area contributed by atoms with Crippen LogP contribution in [0.15, 0.2) is 18.2 Å². The van der Waals surface area contributed by atoms with Gasteiger partial charge in [0.25, 0.3) is 11.6 Å². The molecule has 0 unspecified atom stereocenters. The summed E-state index contributed by atoms with van der Waals surface area (Å²) in [5.41, 5.74) is 1.02. The molecule has 1 aromatic rings. The molecular formula is C13H19N3O4. The van der Waals surface area contributed by atoms with Gasteiger partial charge in [-0.05, 0) is 18.6 Å². The van der Waals surface area contributed by atoms with Crippen LogP contribution in [0, 0.1) is 17.0 Å². The van der Waals surface area contributed by atoms with E-state index in [1.807, 2.05) is 0 Å². The van der Waals surface area contributed by atoms with Gasteiger partial charge in [0.05, 0.1) is 11.5 Å². The molecule has 0 saturated heterocycles. The maximum Gasteiger partial charge on any atom is 0.269 e. The van der Waals surface area contributed by atoms with E-state index in [-0.39, 0.29) is 11.6 Å². The molecule has 7 heteroatoms. The number of hydrogen-bond donors (Lipinski definition) is 2. The van der Waals surface area contributed by atoms with Crippen LogP contribution in [0.3, 0.4) is 0 Å². The number of hydrogen-bond acceptors (Lipinski definition) is 5. The summed E-state index contributed by atoms with van der Waals surface area (Å²) in [4.78, 5) is 22.0. The van der Waals surface area contributed by atoms with Crippen LogP contribution in [-0.2, 0) is 4.74 Å². The summed E-state index contributed by atoms with van der Waals surface area (Å²) >= 11 is 0. The Kier molecular flexibility index (Phi) is 6.61. The molecule has 1 rings (SSSR count). The second kappa shape index (κ2) is 8.23. The molecule has 1 aromatic carbocycles. The molecule has 0 aromatic heterocycles. The first-order chi connectivity index (χ1) is 9.56. The normalized spacial score (nSPS) is 10.3. The largest absolute Gasteiger partial charge is 0.383 e. The van der Waals surface area contributed by atoms with Gasteiger partial charge in [-0.25, -0.2) is 0 Å². The number of nitro groups is 1. The van der Waals surface area contributed by atoms with Crippen molar-refractivity contribution in [3.05, 3.63) is 39.4 Å². The highest BCUT2D eigenvalue weighted by atomic mass is 16.6. The van der Waals surface area contributed by atoms with Crippen LogP contribution in [-0.4, -0.2) is 44.2 Å². The van der Waals surface area contributed by atoms with Gasteiger partial charge in [-0.2, -0.15) is 0 Å². The van der Waals surface area contributed by atoms with Crippen molar-refractivity contribution in [3.8, 4) is 0 Å². The van der Waals surface area contributed by atoms with Gasteiger partial charge < -0.3 is 15.4 Å². The molecule has 1 amide bonds. The highest BCUT2D eigenvalue weighted by Crippen LogP contribution is 2.16. The summed E-state index contributed by atoms with van der Waals surface area (Å²) in [6, 6.07) is 4.20. The Morgan fingerprint density at radius 3 is 2.70 bits per heavy atom. The fourth-order valence-electron chi connectivity index (χ4n) is 1.68. The first kappa shape index (κ1) is 16.1. The second-order valence-electron chi connectivity index (χ2n) is 4.26. The fourth-order valence-corrected chi connectivity index (χ4v) is 1.68. The molecule has 0 saturated carbocycles. The predicted octanol–water partition coefficient (Wildman–Crippen LogP) is 0.869. The first-order valence-corrected chi connectivity index (χ1v) is 6.29. The molecule has 0 aliphatic carbocycles. The number of nitro benzene ring substituents is 1. The lowest BCUT2D eigenvalue weighted by Crippen LogP contribution is -2.33. The molecule has 110 valence electrons. The van der Waals surface area contributed by atoms with Gasteiger partial charge in [0, 0.05) is 44.4 Å². The van der Waals surface area contributed by atoms with Crippen molar-refractivity contribution < 1.29 is 14.5 Å². The van der Waals surface area contributed by atoms with Gasteiger partial charge >= 0.3 is 0 Å². The predicted molar refractivity (Wildman–Crippen MR) is 74.9 cm³/mol. The van der Waals surface area contributed by atoms with E-state index in [1.165, 1.54) is 18.2 Å². The maximum atomic E-state index is 11.9. The average molecular weight is 281 g/mol. The Labute approximate surface area is 117 Å². The average Bonchev–Trinajstić information content (AvgIpc) is 2.42. The first-order valence-electron chi connectivity index (χ1n) is 6.29. The molecule has 7 nitrogen and oxygen atoms in total. The van der Waals surface area contributed by atoms with Crippen molar-refractivity contribution >= 4 is 11.6 Å². The second-order valence-corrected chi connectivity index (χ2v) is 4.26. The standard InChI is InChI=1S/C13H19N3O4/c1-10-9-11(16(18)19)3-4-12(10)13(17)15-6-5-14-7-8-20-2/h3-4,9,14H,5-8H2,1-2H3,(H,15,17). The van der Waals surface area contributed by atoms with Gasteiger partial charge in [-0.1, -0.05) is 0 Å². The van der Waals surface area contributed by atoms with Crippen molar-refractivity contribution in [2.24, 2.45) is 0 Å². The molecule has 0 fully saturated rings. The number of aryl methyl sites for hydroxylation is 1. The minimum absolute atomic E-state index is 0.0136. The number of amides is 1. The van der Waals surface area contributed by atoms with Crippen molar-refractivity contribution in [1.29, 1.82) is 0 Å². The zero-order valence-corrected chi connectivity index (χ0v) is 11.6. The third kappa shape index (κ3) is 4.94. The van der Waals surface area contributed by atoms with E-state index in [4.69, 9.17) is 4.74 Å². The SMILES string of the molecule is COCCNCCNC(=O)c1ccc([N+](=O)[O-])cc1C. The number of rotatable bonds is 8. The van der Waals surface area contributed by atoms with Crippen molar-refractivity contribution in [2.75, 3.05) is 33.4 Å². The van der Waals surface area contributed by atoms with E-state index in [9.17, 15) is 14.9 Å². The van der Waals surface area contributed by atoms with Gasteiger partial charge in [0.2, 0.25) is 0 Å². The smallest absolute Gasteiger partial charge is 0.269 e. The van der Waals surface area contributed by atoms with Crippen LogP contribution in [0.2, 0.25) is 0 Å². The minimum atomic E-state index is -0.478. The molecule has 0 bridgehead atoms. The summed E-state index contributed by atoms with van der Waals surface area (Å²) in [5, 5.41) is 16.5. The molecular weight excluding hydrogens is 262 g/mol. The topological polar surface area (TPSA) is 93.5 Å². The lowest BCUT2D eigenvalue weighted by Gasteiger charge is -2.08. The quantitative estimate of drug-likeness (QED) is 0.419. The van der Waals surface area contributed by atoms with Crippen LogP contribution < -0.4 is 10.6 Å². The number of non-ortho nitro benzene ring substituents is 1. The van der Waals surface area contributed by atoms with Crippen LogP contribution >= 0.6 is 0 Å². The molecule has 0 aliphatic heterocycles. The highest BCUT2D eigenvalue weighted by Gasteiger charge is 2.12. The Hall–Kier alpha value is -1.99. The zero-order chi connectivity index (χ0) is 15.0. The third-order valence-electron chi connectivity index (χ3n) is 2.74. The molecule has 0 aliphatic rings. The van der Waals surface area contributed by atoms with Crippen LogP contribution in [0.1, 0.15) is 15.9 Å². The number of methoxy groups -OCH3 is 1. The summed E-state index contributed by atoms with van der Waals surface area (Å²) in [6.07, 6.45) is 0. The van der Waals surface area contributed by atoms with Crippen LogP contribution in [0.5, 0.6) is 0 Å². The number of nitrogens with one attached hydrogen (secondary N) is 2. The lowest BCUT2D eigenvalue weighted by molar-refractivity contribution is -0.384. The number of nitrogens with zero attached hydrogens (tertiary/aromatic N) is 1. The number of carbonyl (C=O) groups is 1. The van der Waals surface area contributed by atoms with E-state index in [1.54, 1.807) is 14.0 Å². The number of benzene rings is 1. The summed E-state index contributed by atoms with van der Waals surface area (Å²) < 4.78 is 4.88. The van der Waals surface area contributed by atoms with E-state index >= 15 is 0 Å². The zero-order valence-electron chi connectivity index (χ0n) is 11.6. The number of ether oxygens (including phenoxy) is 1. The van der Waals surface area contributed by atoms with Gasteiger partial charge in [-0.15, -0.1) is 0 Å². The number of carbonyl (C=O) groups excluding carboxylic acids is 1.